The quantitative estimate of drug-likeness (QED) is 0.600. The second kappa shape index (κ2) is 6.40. The normalized spacial score (nSPS) is 11.4. The van der Waals surface area contributed by atoms with Gasteiger partial charge < -0.3 is 16.2 Å². The summed E-state index contributed by atoms with van der Waals surface area (Å²) in [5.41, 5.74) is 12.1. The number of benzene rings is 1. The van der Waals surface area contributed by atoms with E-state index >= 15 is 0 Å². The molecule has 0 aliphatic carbocycles. The Morgan fingerprint density at radius 2 is 1.93 bits per heavy atom. The molecule has 4 nitrogen and oxygen atoms in total. The predicted octanol–water partition coefficient (Wildman–Crippen LogP) is 0.992. The zero-order chi connectivity index (χ0) is 10.6. The highest BCUT2D eigenvalue weighted by Crippen LogP contribution is 2.15. The lowest BCUT2D eigenvalue weighted by Crippen LogP contribution is -2.20. The molecule has 0 aliphatic rings. The van der Waals surface area contributed by atoms with Crippen LogP contribution in [0.5, 0.6) is 5.75 Å². The van der Waals surface area contributed by atoms with Crippen LogP contribution in [0.2, 0.25) is 0 Å². The van der Waals surface area contributed by atoms with Gasteiger partial charge in [0.25, 0.3) is 0 Å². The van der Waals surface area contributed by atoms with Crippen LogP contribution < -0.4 is 16.2 Å². The predicted molar refractivity (Wildman–Crippen MR) is 61.0 cm³/mol. The Bertz CT molecular complexity index is 314. The molecule has 1 aromatic carbocycles. The molecule has 84 valence electrons. The monoisotopic (exact) mass is 230 g/mol. The maximum absolute atomic E-state index is 10.6. The smallest absolute Gasteiger partial charge is 0.308 e. The minimum atomic E-state index is -0.333. The van der Waals surface area contributed by atoms with Gasteiger partial charge >= 0.3 is 5.97 Å². The van der Waals surface area contributed by atoms with Gasteiger partial charge in [0, 0.05) is 19.5 Å². The van der Waals surface area contributed by atoms with Crippen molar-refractivity contribution in [3.63, 3.8) is 0 Å². The van der Waals surface area contributed by atoms with E-state index in [9.17, 15) is 4.79 Å². The molecule has 4 N–H and O–H groups in total. The molecule has 1 rings (SSSR count). The average molecular weight is 231 g/mol. The highest BCUT2D eigenvalue weighted by molar-refractivity contribution is 5.85. The number of halogens is 1. The number of carbonyl (C=O) groups is 1. The fourth-order valence-electron chi connectivity index (χ4n) is 1.09. The maximum Gasteiger partial charge on any atom is 0.308 e. The van der Waals surface area contributed by atoms with E-state index in [1.54, 1.807) is 24.3 Å². The molecule has 0 spiro atoms. The van der Waals surface area contributed by atoms with E-state index in [-0.39, 0.29) is 24.4 Å². The lowest BCUT2D eigenvalue weighted by molar-refractivity contribution is -0.131. The van der Waals surface area contributed by atoms with Crippen molar-refractivity contribution in [3.05, 3.63) is 29.8 Å². The van der Waals surface area contributed by atoms with Crippen LogP contribution in [0.3, 0.4) is 0 Å². The summed E-state index contributed by atoms with van der Waals surface area (Å²) in [5.74, 6) is 0.186. The molecule has 0 aromatic heterocycles. The van der Waals surface area contributed by atoms with Gasteiger partial charge in [0.05, 0.1) is 0 Å². The lowest BCUT2D eigenvalue weighted by atomic mass is 10.1. The van der Waals surface area contributed by atoms with Crippen molar-refractivity contribution in [3.8, 4) is 5.75 Å². The van der Waals surface area contributed by atoms with E-state index in [0.29, 0.717) is 12.3 Å². The second-order valence-electron chi connectivity index (χ2n) is 3.00. The zero-order valence-electron chi connectivity index (χ0n) is 8.47. The van der Waals surface area contributed by atoms with Gasteiger partial charge in [-0.1, -0.05) is 12.1 Å². The van der Waals surface area contributed by atoms with Crippen molar-refractivity contribution < 1.29 is 9.53 Å². The summed E-state index contributed by atoms with van der Waals surface area (Å²) < 4.78 is 4.87. The fourth-order valence-corrected chi connectivity index (χ4v) is 1.09. The summed E-state index contributed by atoms with van der Waals surface area (Å²) in [6.45, 7) is 1.76. The summed E-state index contributed by atoms with van der Waals surface area (Å²) in [5, 5.41) is 0. The summed E-state index contributed by atoms with van der Waals surface area (Å²) >= 11 is 0. The number of rotatable bonds is 3. The third-order valence-electron chi connectivity index (χ3n) is 1.82. The Kier molecular flexibility index (Phi) is 5.93. The van der Waals surface area contributed by atoms with E-state index in [1.165, 1.54) is 6.92 Å². The molecule has 0 saturated carbocycles. The summed E-state index contributed by atoms with van der Waals surface area (Å²) in [6.07, 6.45) is 0. The third-order valence-corrected chi connectivity index (χ3v) is 1.82. The van der Waals surface area contributed by atoms with Gasteiger partial charge in [-0.3, -0.25) is 4.79 Å². The molecule has 0 saturated heterocycles. The van der Waals surface area contributed by atoms with Crippen molar-refractivity contribution in [1.29, 1.82) is 0 Å². The highest BCUT2D eigenvalue weighted by atomic mass is 35.5. The average Bonchev–Trinajstić information content (AvgIpc) is 2.17. The van der Waals surface area contributed by atoms with Crippen molar-refractivity contribution in [2.24, 2.45) is 11.5 Å². The molecule has 5 heteroatoms. The molecule has 0 fully saturated rings. The van der Waals surface area contributed by atoms with Crippen LogP contribution >= 0.6 is 12.4 Å². The molecule has 0 bridgehead atoms. The Labute approximate surface area is 95.0 Å². The van der Waals surface area contributed by atoms with E-state index in [2.05, 4.69) is 0 Å². The van der Waals surface area contributed by atoms with Gasteiger partial charge in [-0.05, 0) is 17.7 Å². The number of carbonyl (C=O) groups excluding carboxylic acids is 1. The van der Waals surface area contributed by atoms with Gasteiger partial charge in [-0.2, -0.15) is 0 Å². The van der Waals surface area contributed by atoms with Crippen LogP contribution in [0.25, 0.3) is 0 Å². The number of esters is 1. The lowest BCUT2D eigenvalue weighted by Gasteiger charge is -2.09. The first-order valence-corrected chi connectivity index (χ1v) is 4.37. The van der Waals surface area contributed by atoms with Gasteiger partial charge in [0.1, 0.15) is 5.75 Å². The molecule has 0 amide bonds. The van der Waals surface area contributed by atoms with Gasteiger partial charge in [-0.25, -0.2) is 0 Å². The highest BCUT2D eigenvalue weighted by Gasteiger charge is 2.03. The number of nitrogens with two attached hydrogens (primary N) is 2. The van der Waals surface area contributed by atoms with Crippen molar-refractivity contribution in [2.75, 3.05) is 6.54 Å². The van der Waals surface area contributed by atoms with Crippen LogP contribution in [0, 0.1) is 0 Å². The Balaban J connectivity index is 0.00000196. The van der Waals surface area contributed by atoms with Crippen LogP contribution in [0.4, 0.5) is 0 Å². The Hall–Kier alpha value is -1.10. The topological polar surface area (TPSA) is 78.3 Å². The SMILES string of the molecule is CC(=O)Oc1ccc([C@H](N)CN)cc1.Cl. The first kappa shape index (κ1) is 13.9. The van der Waals surface area contributed by atoms with Crippen LogP contribution in [-0.4, -0.2) is 12.5 Å². The van der Waals surface area contributed by atoms with Gasteiger partial charge in [0.15, 0.2) is 0 Å². The van der Waals surface area contributed by atoms with Crippen LogP contribution in [0.1, 0.15) is 18.5 Å². The largest absolute Gasteiger partial charge is 0.427 e. The zero-order valence-corrected chi connectivity index (χ0v) is 9.29. The summed E-state index contributed by atoms with van der Waals surface area (Å²) in [6, 6.07) is 6.84. The molecule has 0 aliphatic heterocycles. The maximum atomic E-state index is 10.6. The molecule has 0 unspecified atom stereocenters. The van der Waals surface area contributed by atoms with Crippen molar-refractivity contribution >= 4 is 18.4 Å². The first-order valence-electron chi connectivity index (χ1n) is 4.37. The molecular weight excluding hydrogens is 216 g/mol. The minimum absolute atomic E-state index is 0. The van der Waals surface area contributed by atoms with Crippen LogP contribution in [0.15, 0.2) is 24.3 Å². The molecule has 0 radical (unpaired) electrons. The second-order valence-corrected chi connectivity index (χ2v) is 3.00. The molecule has 0 heterocycles. The van der Waals surface area contributed by atoms with E-state index in [1.807, 2.05) is 0 Å². The van der Waals surface area contributed by atoms with Gasteiger partial charge in [0.2, 0.25) is 0 Å². The van der Waals surface area contributed by atoms with Crippen molar-refractivity contribution in [1.82, 2.24) is 0 Å². The molecule has 1 atom stereocenters. The molecule has 15 heavy (non-hydrogen) atoms. The van der Waals surface area contributed by atoms with Gasteiger partial charge in [-0.15, -0.1) is 12.4 Å². The Morgan fingerprint density at radius 1 is 1.40 bits per heavy atom. The van der Waals surface area contributed by atoms with E-state index in [4.69, 9.17) is 16.2 Å². The summed E-state index contributed by atoms with van der Waals surface area (Å²) in [4.78, 5) is 10.6. The first-order chi connectivity index (χ1) is 6.63. The van der Waals surface area contributed by atoms with E-state index < -0.39 is 0 Å². The van der Waals surface area contributed by atoms with E-state index in [0.717, 1.165) is 5.56 Å². The number of hydrogen-bond acceptors (Lipinski definition) is 4. The third kappa shape index (κ3) is 4.29. The number of hydrogen-bond donors (Lipinski definition) is 2. The minimum Gasteiger partial charge on any atom is -0.427 e. The van der Waals surface area contributed by atoms with Crippen LogP contribution in [-0.2, 0) is 4.79 Å². The molecular formula is C10H15ClN2O2. The standard InChI is InChI=1S/C10H14N2O2.ClH/c1-7(13)14-9-4-2-8(3-5-9)10(12)6-11;/h2-5,10H,6,11-12H2,1H3;1H/t10-;/m1./s1. The summed E-state index contributed by atoms with van der Waals surface area (Å²) in [7, 11) is 0. The Morgan fingerprint density at radius 3 is 2.33 bits per heavy atom. The fraction of sp³-hybridized carbons (Fsp3) is 0.300. The van der Waals surface area contributed by atoms with Crippen molar-refractivity contribution in [2.45, 2.75) is 13.0 Å². The molecule has 1 aromatic rings. The number of ether oxygens (including phenoxy) is 1.